The number of aliphatic hydroxyl groups is 6. The van der Waals surface area contributed by atoms with Gasteiger partial charge in [-0.1, -0.05) is 205 Å². The Morgan fingerprint density at radius 1 is 0.586 bits per heavy atom. The van der Waals surface area contributed by atoms with Crippen molar-refractivity contribution >= 4 is 5.91 Å². The minimum absolute atomic E-state index is 0.308. The van der Waals surface area contributed by atoms with Gasteiger partial charge in [-0.25, -0.2) is 0 Å². The van der Waals surface area contributed by atoms with Crippen LogP contribution in [0.3, 0.4) is 0 Å². The second kappa shape index (κ2) is 38.5. The van der Waals surface area contributed by atoms with E-state index in [-0.39, 0.29) is 6.61 Å². The average molecular weight is 826 g/mol. The molecular formula is C48H91NO9. The summed E-state index contributed by atoms with van der Waals surface area (Å²) < 4.78 is 11.1. The van der Waals surface area contributed by atoms with E-state index < -0.39 is 61.5 Å². The van der Waals surface area contributed by atoms with Crippen molar-refractivity contribution < 1.29 is 44.9 Å². The summed E-state index contributed by atoms with van der Waals surface area (Å²) in [4.78, 5) is 13.0. The first-order valence-corrected chi connectivity index (χ1v) is 24.2. The molecule has 1 aliphatic rings. The third-order valence-corrected chi connectivity index (χ3v) is 11.6. The van der Waals surface area contributed by atoms with Crippen molar-refractivity contribution in [2.75, 3.05) is 13.2 Å². The number of amides is 1. The minimum Gasteiger partial charge on any atom is -0.394 e. The predicted octanol–water partition coefficient (Wildman–Crippen LogP) is 9.25. The quantitative estimate of drug-likeness (QED) is 0.0235. The Bertz CT molecular complexity index is 979. The second-order valence-electron chi connectivity index (χ2n) is 17.0. The molecule has 1 heterocycles. The lowest BCUT2D eigenvalue weighted by Gasteiger charge is -2.40. The number of aliphatic hydroxyl groups excluding tert-OH is 6. The molecule has 0 saturated carbocycles. The summed E-state index contributed by atoms with van der Waals surface area (Å²) in [6, 6.07) is -0.992. The van der Waals surface area contributed by atoms with Crippen molar-refractivity contribution in [2.24, 2.45) is 0 Å². The number of unbranched alkanes of at least 4 members (excludes halogenated alkanes) is 27. The molecule has 1 fully saturated rings. The van der Waals surface area contributed by atoms with Crippen LogP contribution in [-0.4, -0.2) is 98.7 Å². The number of hydrogen-bond donors (Lipinski definition) is 7. The molecule has 7 N–H and O–H groups in total. The van der Waals surface area contributed by atoms with Crippen molar-refractivity contribution in [3.8, 4) is 0 Å². The Hall–Kier alpha value is -1.37. The molecule has 1 amide bonds. The van der Waals surface area contributed by atoms with Crippen LogP contribution in [-0.2, 0) is 14.3 Å². The van der Waals surface area contributed by atoms with Crippen molar-refractivity contribution in [2.45, 2.75) is 262 Å². The monoisotopic (exact) mass is 826 g/mol. The molecule has 58 heavy (non-hydrogen) atoms. The maximum Gasteiger partial charge on any atom is 0.249 e. The standard InChI is InChI=1S/C48H91NO9/c1-3-5-7-9-11-13-15-17-19-21-23-24-26-28-30-32-34-36-41(51)40(39-57-48-46(55)45(54)44(53)43(38-50)58-48)49-47(56)42(52)37-35-33-31-29-27-25-22-20-18-16-14-12-10-8-6-4-2/h26,28,34,36,40-46,48,50-55H,3-25,27,29-33,35,37-39H2,1-2H3,(H,49,56)/b28-26+,36-34+. The first-order valence-electron chi connectivity index (χ1n) is 24.2. The van der Waals surface area contributed by atoms with Crippen LogP contribution in [0.15, 0.2) is 24.3 Å². The summed E-state index contributed by atoms with van der Waals surface area (Å²) in [5.41, 5.74) is 0. The van der Waals surface area contributed by atoms with Gasteiger partial charge in [0.15, 0.2) is 6.29 Å². The van der Waals surface area contributed by atoms with Crippen LogP contribution in [0.2, 0.25) is 0 Å². The van der Waals surface area contributed by atoms with Crippen molar-refractivity contribution in [3.05, 3.63) is 24.3 Å². The van der Waals surface area contributed by atoms with Gasteiger partial charge in [-0.15, -0.1) is 0 Å². The van der Waals surface area contributed by atoms with E-state index in [0.717, 1.165) is 32.1 Å². The van der Waals surface area contributed by atoms with Gasteiger partial charge in [0.25, 0.3) is 0 Å². The highest BCUT2D eigenvalue weighted by Crippen LogP contribution is 2.23. The number of carbonyl (C=O) groups excluding carboxylic acids is 1. The highest BCUT2D eigenvalue weighted by atomic mass is 16.7. The zero-order chi connectivity index (χ0) is 42.5. The van der Waals surface area contributed by atoms with Gasteiger partial charge in [-0.2, -0.15) is 0 Å². The van der Waals surface area contributed by atoms with Gasteiger partial charge in [0.1, 0.15) is 30.5 Å². The zero-order valence-electron chi connectivity index (χ0n) is 37.2. The number of nitrogens with one attached hydrogen (secondary N) is 1. The zero-order valence-corrected chi connectivity index (χ0v) is 37.2. The maximum atomic E-state index is 13.0. The number of rotatable bonds is 40. The summed E-state index contributed by atoms with van der Waals surface area (Å²) in [7, 11) is 0. The van der Waals surface area contributed by atoms with Gasteiger partial charge in [-0.3, -0.25) is 4.79 Å². The predicted molar refractivity (Wildman–Crippen MR) is 236 cm³/mol. The average Bonchev–Trinajstić information content (AvgIpc) is 3.22. The summed E-state index contributed by atoms with van der Waals surface area (Å²) in [5.74, 6) is -0.624. The van der Waals surface area contributed by atoms with Crippen molar-refractivity contribution in [3.63, 3.8) is 0 Å². The SMILES string of the molecule is CCCCCCCCCCCCC/C=C/CC/C=C/C(O)C(COC1OC(CO)C(O)C(O)C1O)NC(=O)C(O)CCCCCCCCCCCCCCCCCC. The fourth-order valence-corrected chi connectivity index (χ4v) is 7.65. The van der Waals surface area contributed by atoms with Crippen LogP contribution in [0.5, 0.6) is 0 Å². The number of ether oxygens (including phenoxy) is 2. The summed E-state index contributed by atoms with van der Waals surface area (Å²) in [6.07, 6.45) is 35.5. The number of allylic oxidation sites excluding steroid dienone is 3. The molecule has 1 aliphatic heterocycles. The van der Waals surface area contributed by atoms with E-state index in [4.69, 9.17) is 9.47 Å². The molecule has 0 aromatic rings. The van der Waals surface area contributed by atoms with Gasteiger partial charge < -0.3 is 45.4 Å². The summed E-state index contributed by atoms with van der Waals surface area (Å²) in [6.45, 7) is 3.60. The lowest BCUT2D eigenvalue weighted by Crippen LogP contribution is -2.60. The van der Waals surface area contributed by atoms with E-state index in [1.165, 1.54) is 148 Å². The van der Waals surface area contributed by atoms with Crippen LogP contribution < -0.4 is 5.32 Å². The fourth-order valence-electron chi connectivity index (χ4n) is 7.65. The molecule has 10 nitrogen and oxygen atoms in total. The van der Waals surface area contributed by atoms with Crippen molar-refractivity contribution in [1.29, 1.82) is 0 Å². The fraction of sp³-hybridized carbons (Fsp3) is 0.896. The molecular weight excluding hydrogens is 735 g/mol. The Labute approximate surface area is 354 Å². The Kier molecular flexibility index (Phi) is 36.3. The molecule has 8 atom stereocenters. The molecule has 0 radical (unpaired) electrons. The molecule has 0 spiro atoms. The topological polar surface area (TPSA) is 169 Å². The molecule has 0 aliphatic carbocycles. The van der Waals surface area contributed by atoms with Gasteiger partial charge >= 0.3 is 0 Å². The van der Waals surface area contributed by atoms with Crippen LogP contribution in [0, 0.1) is 0 Å². The number of carbonyl (C=O) groups is 1. The van der Waals surface area contributed by atoms with Crippen LogP contribution in [0.4, 0.5) is 0 Å². The van der Waals surface area contributed by atoms with Gasteiger partial charge in [-0.05, 0) is 32.1 Å². The molecule has 0 aromatic carbocycles. The largest absolute Gasteiger partial charge is 0.394 e. The molecule has 1 rings (SSSR count). The molecule has 0 bridgehead atoms. The smallest absolute Gasteiger partial charge is 0.249 e. The molecule has 8 unspecified atom stereocenters. The third-order valence-electron chi connectivity index (χ3n) is 11.6. The van der Waals surface area contributed by atoms with E-state index in [2.05, 4.69) is 31.3 Å². The lowest BCUT2D eigenvalue weighted by atomic mass is 9.99. The third kappa shape index (κ3) is 28.2. The molecule has 1 saturated heterocycles. The minimum atomic E-state index is -1.61. The van der Waals surface area contributed by atoms with Crippen LogP contribution >= 0.6 is 0 Å². The molecule has 10 heteroatoms. The van der Waals surface area contributed by atoms with E-state index in [0.29, 0.717) is 19.3 Å². The highest BCUT2D eigenvalue weighted by Gasteiger charge is 2.44. The number of hydrogen-bond acceptors (Lipinski definition) is 9. The van der Waals surface area contributed by atoms with E-state index in [1.54, 1.807) is 6.08 Å². The highest BCUT2D eigenvalue weighted by molar-refractivity contribution is 5.80. The van der Waals surface area contributed by atoms with Crippen LogP contribution in [0.1, 0.15) is 213 Å². The Morgan fingerprint density at radius 3 is 1.50 bits per heavy atom. The first kappa shape index (κ1) is 54.6. The Balaban J connectivity index is 2.42. The van der Waals surface area contributed by atoms with Crippen molar-refractivity contribution in [1.82, 2.24) is 5.32 Å². The summed E-state index contributed by atoms with van der Waals surface area (Å²) in [5, 5.41) is 64.7. The van der Waals surface area contributed by atoms with Gasteiger partial charge in [0.2, 0.25) is 5.91 Å². The lowest BCUT2D eigenvalue weighted by molar-refractivity contribution is -0.302. The van der Waals surface area contributed by atoms with E-state index in [9.17, 15) is 35.4 Å². The van der Waals surface area contributed by atoms with Gasteiger partial charge in [0.05, 0.1) is 25.4 Å². The molecule has 342 valence electrons. The summed E-state index contributed by atoms with van der Waals surface area (Å²) >= 11 is 0. The second-order valence-corrected chi connectivity index (χ2v) is 17.0. The van der Waals surface area contributed by atoms with Gasteiger partial charge in [0, 0.05) is 0 Å². The molecule has 0 aromatic heterocycles. The maximum absolute atomic E-state index is 13.0. The van der Waals surface area contributed by atoms with E-state index in [1.807, 2.05) is 6.08 Å². The first-order chi connectivity index (χ1) is 28.3. The van der Waals surface area contributed by atoms with Crippen LogP contribution in [0.25, 0.3) is 0 Å². The Morgan fingerprint density at radius 2 is 1.02 bits per heavy atom. The normalized spacial score (nSPS) is 21.6. The van der Waals surface area contributed by atoms with E-state index >= 15 is 0 Å².